The summed E-state index contributed by atoms with van der Waals surface area (Å²) < 4.78 is 29.4. The number of benzene rings is 1. The van der Waals surface area contributed by atoms with Crippen molar-refractivity contribution in [2.45, 2.75) is 139 Å². The SMILES string of the molecule is COc1cc2cc(c1Cl)N(C)C(=O)CC(OC(=O)C(C)N(C)C(=O)CCSC1CC(=O)N(CCCCCN3C(=O)CCC3=O)C1=O)C1(C)OC1C(C)C1CC(O)(NC(=O)O1)C(OC)/C=C/C=C(\C)C2. The summed E-state index contributed by atoms with van der Waals surface area (Å²) in [4.78, 5) is 110. The first-order valence-corrected chi connectivity index (χ1v) is 24.7. The molecular weight excluding hydrogens is 938 g/mol. The average Bonchev–Trinajstić information content (AvgIpc) is 3.80. The van der Waals surface area contributed by atoms with Crippen LogP contribution in [0, 0.1) is 5.92 Å². The van der Waals surface area contributed by atoms with Crippen molar-refractivity contribution in [3.8, 4) is 5.75 Å². The Balaban J connectivity index is 1.12. The van der Waals surface area contributed by atoms with Gasteiger partial charge in [0.1, 0.15) is 40.7 Å². The molecule has 0 saturated carbocycles. The quantitative estimate of drug-likeness (QED) is 0.109. The first-order valence-electron chi connectivity index (χ1n) is 23.3. The molecule has 21 heteroatoms. The fourth-order valence-corrected chi connectivity index (χ4v) is 10.7. The molecular formula is C48H64ClN5O14S. The highest BCUT2D eigenvalue weighted by Crippen LogP contribution is 2.49. The van der Waals surface area contributed by atoms with Gasteiger partial charge < -0.3 is 38.6 Å². The third kappa shape index (κ3) is 12.1. The Labute approximate surface area is 411 Å². The Morgan fingerprint density at radius 1 is 1.01 bits per heavy atom. The number of ether oxygens (including phenoxy) is 5. The predicted molar refractivity (Wildman–Crippen MR) is 253 cm³/mol. The van der Waals surface area contributed by atoms with Crippen molar-refractivity contribution >= 4 is 76.6 Å². The lowest BCUT2D eigenvalue weighted by molar-refractivity contribution is -0.162. The number of likely N-dealkylation sites (tertiary alicyclic amines) is 2. The summed E-state index contributed by atoms with van der Waals surface area (Å²) in [5.41, 5.74) is -1.17. The number of esters is 1. The van der Waals surface area contributed by atoms with Crippen LogP contribution in [-0.2, 0) is 58.9 Å². The normalized spacial score (nSPS) is 30.3. The number of alkyl carbamates (subject to hydrolysis) is 1. The summed E-state index contributed by atoms with van der Waals surface area (Å²) in [6.07, 6.45) is 2.52. The maximum atomic E-state index is 14.3. The van der Waals surface area contributed by atoms with Crippen LogP contribution in [-0.4, -0.2) is 162 Å². The molecule has 2 N–H and O–H groups in total. The van der Waals surface area contributed by atoms with E-state index in [1.165, 1.54) is 59.6 Å². The molecule has 378 valence electrons. The van der Waals surface area contributed by atoms with E-state index in [2.05, 4.69) is 5.32 Å². The minimum absolute atomic E-state index is 0.00303. The maximum absolute atomic E-state index is 14.3. The van der Waals surface area contributed by atoms with Crippen LogP contribution in [0.5, 0.6) is 5.75 Å². The third-order valence-corrected chi connectivity index (χ3v) is 15.4. The molecule has 4 fully saturated rings. The number of fused-ring (bicyclic) bond motifs is 5. The molecule has 1 aromatic rings. The number of rotatable bonds is 15. The summed E-state index contributed by atoms with van der Waals surface area (Å²) in [6, 6.07) is 2.40. The lowest BCUT2D eigenvalue weighted by atomic mass is 9.83. The van der Waals surface area contributed by atoms with Gasteiger partial charge >= 0.3 is 12.1 Å². The van der Waals surface area contributed by atoms with Crippen molar-refractivity contribution in [1.82, 2.24) is 20.0 Å². The van der Waals surface area contributed by atoms with Gasteiger partial charge in [-0.15, -0.1) is 11.8 Å². The van der Waals surface area contributed by atoms with Crippen molar-refractivity contribution in [3.63, 3.8) is 0 Å². The number of methoxy groups -OCH3 is 2. The van der Waals surface area contributed by atoms with E-state index in [1.54, 1.807) is 45.2 Å². The largest absolute Gasteiger partial charge is 0.495 e. The molecule has 0 aliphatic carbocycles. The summed E-state index contributed by atoms with van der Waals surface area (Å²) in [5, 5.41) is 13.9. The van der Waals surface area contributed by atoms with Crippen molar-refractivity contribution in [2.24, 2.45) is 5.92 Å². The molecule has 0 spiro atoms. The van der Waals surface area contributed by atoms with Crippen LogP contribution < -0.4 is 15.0 Å². The minimum Gasteiger partial charge on any atom is -0.495 e. The van der Waals surface area contributed by atoms with E-state index in [-0.39, 0.29) is 79.5 Å². The molecule has 5 aliphatic heterocycles. The number of unbranched alkanes of at least 4 members (excludes halogenated alkanes) is 2. The molecule has 4 saturated heterocycles. The number of nitrogens with one attached hydrogen (secondary N) is 1. The number of imide groups is 2. The molecule has 0 radical (unpaired) electrons. The molecule has 19 nitrogen and oxygen atoms in total. The standard InChI is InChI=1S/C48H64ClN5O14S/c1-27-13-12-14-35(65-8)48(63)26-33(66-46(62)50-48)28(2)43-47(4,68-43)36(25-40(58)52(6)31-22-30(21-27)23-32(64-7)42(31)49)67-45(61)29(3)51(5)37(55)17-20-69-34-24-41(59)54(44(34)60)19-11-9-10-18-53-38(56)15-16-39(53)57/h12-14,22-23,28-29,33-36,43,63H,9-11,15-21,24-26H2,1-8H3,(H,50,62)/b14-12+,27-13+. The van der Waals surface area contributed by atoms with Gasteiger partial charge in [0.25, 0.3) is 0 Å². The van der Waals surface area contributed by atoms with E-state index in [0.717, 1.165) is 11.1 Å². The van der Waals surface area contributed by atoms with Crippen LogP contribution in [0.2, 0.25) is 5.02 Å². The van der Waals surface area contributed by atoms with Gasteiger partial charge in [-0.05, 0) is 64.2 Å². The molecule has 7 amide bonds. The van der Waals surface area contributed by atoms with Crippen molar-refractivity contribution in [2.75, 3.05) is 52.1 Å². The number of hydrogen-bond donors (Lipinski definition) is 2. The zero-order valence-electron chi connectivity index (χ0n) is 40.5. The summed E-state index contributed by atoms with van der Waals surface area (Å²) in [5.74, 6) is -2.81. The van der Waals surface area contributed by atoms with Crippen molar-refractivity contribution in [3.05, 3.63) is 46.5 Å². The lowest BCUT2D eigenvalue weighted by Crippen LogP contribution is -2.63. The van der Waals surface area contributed by atoms with E-state index in [1.807, 2.05) is 13.0 Å². The second-order valence-electron chi connectivity index (χ2n) is 18.6. The smallest absolute Gasteiger partial charge is 0.409 e. The van der Waals surface area contributed by atoms with Gasteiger partial charge in [0.2, 0.25) is 35.4 Å². The van der Waals surface area contributed by atoms with E-state index in [4.69, 9.17) is 35.3 Å². The second kappa shape index (κ2) is 22.4. The Morgan fingerprint density at radius 2 is 1.70 bits per heavy atom. The monoisotopic (exact) mass is 1000 g/mol. The lowest BCUT2D eigenvalue weighted by Gasteiger charge is -2.42. The first-order chi connectivity index (χ1) is 32.6. The maximum Gasteiger partial charge on any atom is 0.409 e. The molecule has 69 heavy (non-hydrogen) atoms. The highest BCUT2D eigenvalue weighted by atomic mass is 35.5. The number of likely N-dealkylation sites (N-methyl/N-ethyl adjacent to an activating group) is 1. The minimum atomic E-state index is -1.88. The van der Waals surface area contributed by atoms with E-state index >= 15 is 0 Å². The van der Waals surface area contributed by atoms with E-state index in [9.17, 15) is 43.5 Å². The van der Waals surface area contributed by atoms with Crippen molar-refractivity contribution in [1.29, 1.82) is 0 Å². The second-order valence-corrected chi connectivity index (χ2v) is 20.3. The fraction of sp³-hybridized carbons (Fsp3) is 0.625. The number of aliphatic hydroxyl groups is 1. The Kier molecular flexibility index (Phi) is 17.3. The van der Waals surface area contributed by atoms with Crippen LogP contribution in [0.3, 0.4) is 0 Å². The van der Waals surface area contributed by atoms with E-state index in [0.29, 0.717) is 43.7 Å². The third-order valence-electron chi connectivity index (χ3n) is 13.8. The van der Waals surface area contributed by atoms with Crippen molar-refractivity contribution < 1.29 is 67.1 Å². The molecule has 9 unspecified atom stereocenters. The van der Waals surface area contributed by atoms with Crippen LogP contribution in [0.25, 0.3) is 0 Å². The summed E-state index contributed by atoms with van der Waals surface area (Å²) >= 11 is 7.99. The zero-order valence-corrected chi connectivity index (χ0v) is 42.0. The van der Waals surface area contributed by atoms with E-state index < -0.39 is 76.8 Å². The summed E-state index contributed by atoms with van der Waals surface area (Å²) in [7, 11) is 5.87. The number of epoxide rings is 1. The number of carbonyl (C=O) groups is 8. The van der Waals surface area contributed by atoms with Crippen LogP contribution >= 0.6 is 23.4 Å². The van der Waals surface area contributed by atoms with Crippen LogP contribution in [0.15, 0.2) is 35.9 Å². The zero-order chi connectivity index (χ0) is 50.5. The van der Waals surface area contributed by atoms with Gasteiger partial charge in [0, 0.05) is 78.1 Å². The van der Waals surface area contributed by atoms with Gasteiger partial charge in [0.15, 0.2) is 5.72 Å². The number of amides is 7. The molecule has 9 atom stereocenters. The summed E-state index contributed by atoms with van der Waals surface area (Å²) in [6.45, 7) is 7.38. The van der Waals surface area contributed by atoms with Gasteiger partial charge in [-0.2, -0.15) is 0 Å². The molecule has 6 rings (SSSR count). The first kappa shape index (κ1) is 53.3. The average molecular weight is 1000 g/mol. The molecule has 4 bridgehead atoms. The highest BCUT2D eigenvalue weighted by molar-refractivity contribution is 8.00. The molecule has 5 heterocycles. The fourth-order valence-electron chi connectivity index (χ4n) is 9.29. The molecule has 5 aliphatic rings. The number of nitrogens with zero attached hydrogens (tertiary/aromatic N) is 4. The number of thioether (sulfide) groups is 1. The predicted octanol–water partition coefficient (Wildman–Crippen LogP) is 4.08. The Bertz CT molecular complexity index is 2240. The van der Waals surface area contributed by atoms with Gasteiger partial charge in [0.05, 0.1) is 30.6 Å². The molecule has 0 aromatic heterocycles. The van der Waals surface area contributed by atoms with Gasteiger partial charge in [-0.25, -0.2) is 9.59 Å². The highest BCUT2D eigenvalue weighted by Gasteiger charge is 2.64. The topological polar surface area (TPSA) is 231 Å². The van der Waals surface area contributed by atoms with Gasteiger partial charge in [-0.1, -0.05) is 42.3 Å². The Hall–Kier alpha value is -5.02. The number of halogens is 1. The number of anilines is 1. The number of allylic oxidation sites excluding steroid dienone is 3. The van der Waals surface area contributed by atoms with Gasteiger partial charge in [-0.3, -0.25) is 43.9 Å². The number of hydrogen-bond acceptors (Lipinski definition) is 15. The Morgan fingerprint density at radius 3 is 2.36 bits per heavy atom. The van der Waals surface area contributed by atoms with Crippen LogP contribution in [0.4, 0.5) is 10.5 Å². The molecule has 1 aromatic carbocycles. The van der Waals surface area contributed by atoms with Crippen LogP contribution in [0.1, 0.15) is 91.0 Å². The number of carbonyl (C=O) groups excluding carboxylic acids is 8.